The zero-order valence-corrected chi connectivity index (χ0v) is 12.0. The van der Waals surface area contributed by atoms with Gasteiger partial charge in [-0.3, -0.25) is 9.88 Å². The minimum atomic E-state index is -0.211. The molecule has 1 saturated heterocycles. The van der Waals surface area contributed by atoms with Gasteiger partial charge in [0.1, 0.15) is 5.82 Å². The Bertz CT molecular complexity index is 580. The largest absolute Gasteiger partial charge is 0.379 e. The Kier molecular flexibility index (Phi) is 4.58. The van der Waals surface area contributed by atoms with Crippen LogP contribution in [0.3, 0.4) is 0 Å². The van der Waals surface area contributed by atoms with Crippen LogP contribution in [0.2, 0.25) is 0 Å². The van der Waals surface area contributed by atoms with E-state index in [2.05, 4.69) is 16.0 Å². The first-order valence-corrected chi connectivity index (χ1v) is 7.32. The summed E-state index contributed by atoms with van der Waals surface area (Å²) in [6.45, 7) is 4.65. The number of halogens is 1. The molecule has 2 heterocycles. The van der Waals surface area contributed by atoms with Crippen LogP contribution in [0.25, 0.3) is 11.1 Å². The summed E-state index contributed by atoms with van der Waals surface area (Å²) >= 11 is 0. The van der Waals surface area contributed by atoms with E-state index in [1.54, 1.807) is 0 Å². The average molecular weight is 286 g/mol. The lowest BCUT2D eigenvalue weighted by atomic mass is 10.00. The molecule has 110 valence electrons. The number of hydrogen-bond acceptors (Lipinski definition) is 3. The van der Waals surface area contributed by atoms with Gasteiger partial charge in [0.2, 0.25) is 0 Å². The van der Waals surface area contributed by atoms with E-state index in [0.717, 1.165) is 50.4 Å². The molecule has 1 aromatic heterocycles. The highest BCUT2D eigenvalue weighted by atomic mass is 19.1. The van der Waals surface area contributed by atoms with Crippen LogP contribution in [0.1, 0.15) is 5.56 Å². The van der Waals surface area contributed by atoms with Crippen molar-refractivity contribution in [3.8, 4) is 11.1 Å². The Morgan fingerprint density at radius 2 is 1.86 bits per heavy atom. The van der Waals surface area contributed by atoms with Crippen molar-refractivity contribution >= 4 is 0 Å². The molecule has 0 atom stereocenters. The highest BCUT2D eigenvalue weighted by molar-refractivity contribution is 5.66. The fraction of sp³-hybridized carbons (Fsp3) is 0.353. The molecule has 1 fully saturated rings. The SMILES string of the molecule is Fc1ccc(-c2cnccc2CCN2CCOCC2)cc1. The van der Waals surface area contributed by atoms with E-state index in [4.69, 9.17) is 4.74 Å². The third kappa shape index (κ3) is 3.65. The predicted octanol–water partition coefficient (Wildman–Crippen LogP) is 2.76. The summed E-state index contributed by atoms with van der Waals surface area (Å²) < 4.78 is 18.4. The number of ether oxygens (including phenoxy) is 1. The maximum absolute atomic E-state index is 13.1. The van der Waals surface area contributed by atoms with Crippen LogP contribution < -0.4 is 0 Å². The minimum absolute atomic E-state index is 0.211. The first-order valence-electron chi connectivity index (χ1n) is 7.32. The van der Waals surface area contributed by atoms with Gasteiger partial charge in [0, 0.05) is 37.6 Å². The summed E-state index contributed by atoms with van der Waals surface area (Å²) in [4.78, 5) is 6.63. The maximum Gasteiger partial charge on any atom is 0.123 e. The summed E-state index contributed by atoms with van der Waals surface area (Å²) in [7, 11) is 0. The summed E-state index contributed by atoms with van der Waals surface area (Å²) in [5.74, 6) is -0.211. The Morgan fingerprint density at radius 1 is 1.10 bits per heavy atom. The third-order valence-corrected chi connectivity index (χ3v) is 3.87. The van der Waals surface area contributed by atoms with Gasteiger partial charge in [0.25, 0.3) is 0 Å². The van der Waals surface area contributed by atoms with Crippen molar-refractivity contribution in [2.45, 2.75) is 6.42 Å². The number of benzene rings is 1. The topological polar surface area (TPSA) is 25.4 Å². The normalized spacial score (nSPS) is 16.0. The lowest BCUT2D eigenvalue weighted by Gasteiger charge is -2.26. The predicted molar refractivity (Wildman–Crippen MR) is 80.6 cm³/mol. The second-order valence-corrected chi connectivity index (χ2v) is 5.24. The quantitative estimate of drug-likeness (QED) is 0.864. The van der Waals surface area contributed by atoms with E-state index in [0.29, 0.717) is 0 Å². The minimum Gasteiger partial charge on any atom is -0.379 e. The van der Waals surface area contributed by atoms with Crippen molar-refractivity contribution in [2.75, 3.05) is 32.8 Å². The Morgan fingerprint density at radius 3 is 2.62 bits per heavy atom. The molecule has 0 spiro atoms. The van der Waals surface area contributed by atoms with Gasteiger partial charge >= 0.3 is 0 Å². The second-order valence-electron chi connectivity index (χ2n) is 5.24. The van der Waals surface area contributed by atoms with E-state index in [1.807, 2.05) is 24.5 Å². The van der Waals surface area contributed by atoms with Crippen molar-refractivity contribution in [3.63, 3.8) is 0 Å². The lowest BCUT2D eigenvalue weighted by Crippen LogP contribution is -2.37. The second kappa shape index (κ2) is 6.78. The van der Waals surface area contributed by atoms with Crippen molar-refractivity contribution in [3.05, 3.63) is 54.1 Å². The summed E-state index contributed by atoms with van der Waals surface area (Å²) in [6, 6.07) is 8.66. The molecule has 4 heteroatoms. The summed E-state index contributed by atoms with van der Waals surface area (Å²) in [5, 5.41) is 0. The van der Waals surface area contributed by atoms with Crippen molar-refractivity contribution < 1.29 is 9.13 Å². The van der Waals surface area contributed by atoms with Crippen LogP contribution in [-0.4, -0.2) is 42.7 Å². The molecule has 21 heavy (non-hydrogen) atoms. The fourth-order valence-electron chi connectivity index (χ4n) is 2.63. The molecule has 3 nitrogen and oxygen atoms in total. The van der Waals surface area contributed by atoms with Gasteiger partial charge < -0.3 is 4.74 Å². The van der Waals surface area contributed by atoms with Crippen LogP contribution in [0.15, 0.2) is 42.7 Å². The van der Waals surface area contributed by atoms with Crippen molar-refractivity contribution in [1.82, 2.24) is 9.88 Å². The number of hydrogen-bond donors (Lipinski definition) is 0. The molecular weight excluding hydrogens is 267 g/mol. The Balaban J connectivity index is 1.74. The maximum atomic E-state index is 13.1. The molecule has 2 aromatic rings. The molecule has 0 bridgehead atoms. The molecule has 1 aliphatic rings. The van der Waals surface area contributed by atoms with E-state index in [-0.39, 0.29) is 5.82 Å². The van der Waals surface area contributed by atoms with Crippen LogP contribution in [0.4, 0.5) is 4.39 Å². The van der Waals surface area contributed by atoms with E-state index >= 15 is 0 Å². The molecule has 0 radical (unpaired) electrons. The first kappa shape index (κ1) is 14.2. The van der Waals surface area contributed by atoms with E-state index in [9.17, 15) is 4.39 Å². The Labute approximate surface area is 124 Å². The summed E-state index contributed by atoms with van der Waals surface area (Å²) in [6.07, 6.45) is 4.65. The molecule has 0 saturated carbocycles. The van der Waals surface area contributed by atoms with Crippen molar-refractivity contribution in [2.24, 2.45) is 0 Å². The van der Waals surface area contributed by atoms with Crippen LogP contribution in [0, 0.1) is 5.82 Å². The van der Waals surface area contributed by atoms with Crippen LogP contribution in [0.5, 0.6) is 0 Å². The smallest absolute Gasteiger partial charge is 0.123 e. The molecule has 0 N–H and O–H groups in total. The lowest BCUT2D eigenvalue weighted by molar-refractivity contribution is 0.0384. The molecule has 1 aliphatic heterocycles. The van der Waals surface area contributed by atoms with Crippen LogP contribution >= 0.6 is 0 Å². The number of aromatic nitrogens is 1. The zero-order chi connectivity index (χ0) is 14.5. The molecule has 0 amide bonds. The average Bonchev–Trinajstić information content (AvgIpc) is 2.55. The van der Waals surface area contributed by atoms with Gasteiger partial charge in [-0.2, -0.15) is 0 Å². The number of rotatable bonds is 4. The van der Waals surface area contributed by atoms with Gasteiger partial charge in [-0.1, -0.05) is 12.1 Å². The van der Waals surface area contributed by atoms with Gasteiger partial charge in [0.15, 0.2) is 0 Å². The number of pyridine rings is 1. The molecular formula is C17H19FN2O. The molecule has 0 aliphatic carbocycles. The highest BCUT2D eigenvalue weighted by Gasteiger charge is 2.12. The van der Waals surface area contributed by atoms with Crippen LogP contribution in [-0.2, 0) is 11.2 Å². The number of nitrogens with zero attached hydrogens (tertiary/aromatic N) is 2. The summed E-state index contributed by atoms with van der Waals surface area (Å²) in [5.41, 5.74) is 3.36. The van der Waals surface area contributed by atoms with Gasteiger partial charge in [-0.25, -0.2) is 4.39 Å². The fourth-order valence-corrected chi connectivity index (χ4v) is 2.63. The van der Waals surface area contributed by atoms with Gasteiger partial charge in [-0.05, 0) is 35.7 Å². The molecule has 3 rings (SSSR count). The highest BCUT2D eigenvalue weighted by Crippen LogP contribution is 2.23. The standard InChI is InChI=1S/C17H19FN2O/c18-16-3-1-14(2-4-16)17-13-19-7-5-15(17)6-8-20-9-11-21-12-10-20/h1-5,7,13H,6,8-12H2. The number of morpholine rings is 1. The first-order chi connectivity index (χ1) is 10.3. The zero-order valence-electron chi connectivity index (χ0n) is 12.0. The molecule has 0 unspecified atom stereocenters. The van der Waals surface area contributed by atoms with Gasteiger partial charge in [-0.15, -0.1) is 0 Å². The Hall–Kier alpha value is -1.78. The van der Waals surface area contributed by atoms with Crippen molar-refractivity contribution in [1.29, 1.82) is 0 Å². The van der Waals surface area contributed by atoms with E-state index in [1.165, 1.54) is 17.7 Å². The monoisotopic (exact) mass is 286 g/mol. The van der Waals surface area contributed by atoms with E-state index < -0.39 is 0 Å². The third-order valence-electron chi connectivity index (χ3n) is 3.87. The molecule has 1 aromatic carbocycles. The van der Waals surface area contributed by atoms with Gasteiger partial charge in [0.05, 0.1) is 13.2 Å².